The van der Waals surface area contributed by atoms with Crippen LogP contribution < -0.4 is 4.74 Å². The number of hydrogen-bond acceptors (Lipinski definition) is 5. The van der Waals surface area contributed by atoms with Crippen molar-refractivity contribution < 1.29 is 18.4 Å². The highest BCUT2D eigenvalue weighted by atomic mass is 32.1. The van der Waals surface area contributed by atoms with E-state index in [4.69, 9.17) is 4.84 Å². The molecule has 3 aromatic rings. The summed E-state index contributed by atoms with van der Waals surface area (Å²) in [6, 6.07) is 16.3. The molecule has 7 heteroatoms. The van der Waals surface area contributed by atoms with Crippen molar-refractivity contribution in [3.8, 4) is 16.3 Å². The molecule has 0 amide bonds. The zero-order valence-corrected chi connectivity index (χ0v) is 14.7. The summed E-state index contributed by atoms with van der Waals surface area (Å²) < 4.78 is 29.2. The van der Waals surface area contributed by atoms with Crippen LogP contribution >= 0.6 is 11.3 Å². The molecule has 2 aromatic carbocycles. The average molecular weight is 374 g/mol. The molecule has 0 aliphatic rings. The van der Waals surface area contributed by atoms with Crippen LogP contribution in [0.3, 0.4) is 0 Å². The summed E-state index contributed by atoms with van der Waals surface area (Å²) in [7, 11) is 0. The molecule has 0 bridgehead atoms. The number of halogens is 2. The molecule has 134 valence electrons. The number of alkyl halides is 2. The molecular formula is C19H16F2N2O2S. The fourth-order valence-electron chi connectivity index (χ4n) is 2.25. The Morgan fingerprint density at radius 3 is 2.62 bits per heavy atom. The maximum absolute atomic E-state index is 12.4. The van der Waals surface area contributed by atoms with Gasteiger partial charge >= 0.3 is 6.61 Å². The summed E-state index contributed by atoms with van der Waals surface area (Å²) >= 11 is 1.54. The SMILES string of the molecule is Cc1nc(-c2ccccc2)sc1CO/N=C/c1ccccc1OC(F)F. The van der Waals surface area contributed by atoms with Crippen molar-refractivity contribution >= 4 is 17.6 Å². The number of aromatic nitrogens is 1. The van der Waals surface area contributed by atoms with E-state index >= 15 is 0 Å². The van der Waals surface area contributed by atoms with E-state index in [0.29, 0.717) is 5.56 Å². The fraction of sp³-hybridized carbons (Fsp3) is 0.158. The monoisotopic (exact) mass is 374 g/mol. The van der Waals surface area contributed by atoms with Crippen molar-refractivity contribution in [2.45, 2.75) is 20.1 Å². The first-order valence-corrected chi connectivity index (χ1v) is 8.66. The summed E-state index contributed by atoms with van der Waals surface area (Å²) in [5.74, 6) is 0.0511. The zero-order valence-electron chi connectivity index (χ0n) is 13.9. The number of thiazole rings is 1. The van der Waals surface area contributed by atoms with Gasteiger partial charge in [-0.25, -0.2) is 4.98 Å². The molecule has 1 aromatic heterocycles. The zero-order chi connectivity index (χ0) is 18.4. The van der Waals surface area contributed by atoms with E-state index in [2.05, 4.69) is 14.9 Å². The molecule has 0 spiro atoms. The van der Waals surface area contributed by atoms with Crippen molar-refractivity contribution in [1.29, 1.82) is 0 Å². The van der Waals surface area contributed by atoms with E-state index in [9.17, 15) is 8.78 Å². The Balaban J connectivity index is 1.64. The molecule has 4 nitrogen and oxygen atoms in total. The van der Waals surface area contributed by atoms with Crippen molar-refractivity contribution in [2.24, 2.45) is 5.16 Å². The number of oxime groups is 1. The highest BCUT2D eigenvalue weighted by Gasteiger charge is 2.10. The van der Waals surface area contributed by atoms with E-state index in [1.165, 1.54) is 23.6 Å². The van der Waals surface area contributed by atoms with Gasteiger partial charge in [0.15, 0.2) is 6.61 Å². The topological polar surface area (TPSA) is 43.7 Å². The van der Waals surface area contributed by atoms with Gasteiger partial charge in [-0.15, -0.1) is 11.3 Å². The van der Waals surface area contributed by atoms with Crippen LogP contribution in [0.5, 0.6) is 5.75 Å². The van der Waals surface area contributed by atoms with E-state index in [-0.39, 0.29) is 12.4 Å². The summed E-state index contributed by atoms with van der Waals surface area (Å²) in [6.45, 7) is -0.719. The van der Waals surface area contributed by atoms with Crippen LogP contribution in [-0.2, 0) is 11.4 Å². The van der Waals surface area contributed by atoms with Crippen LogP contribution in [0.2, 0.25) is 0 Å². The van der Waals surface area contributed by atoms with Gasteiger partial charge in [0, 0.05) is 11.1 Å². The van der Waals surface area contributed by atoms with Crippen LogP contribution in [0.15, 0.2) is 59.8 Å². The first kappa shape index (κ1) is 18.0. The molecule has 1 heterocycles. The highest BCUT2D eigenvalue weighted by Crippen LogP contribution is 2.28. The van der Waals surface area contributed by atoms with Crippen molar-refractivity contribution in [3.63, 3.8) is 0 Å². The Labute approximate surface area is 153 Å². The number of nitrogens with zero attached hydrogens (tertiary/aromatic N) is 2. The lowest BCUT2D eigenvalue weighted by molar-refractivity contribution is -0.0499. The Morgan fingerprint density at radius 1 is 1.12 bits per heavy atom. The molecule has 0 aliphatic carbocycles. The average Bonchev–Trinajstić information content (AvgIpc) is 3.01. The maximum atomic E-state index is 12.4. The molecule has 0 N–H and O–H groups in total. The van der Waals surface area contributed by atoms with Crippen molar-refractivity contribution in [1.82, 2.24) is 4.98 Å². The Bertz CT molecular complexity index is 882. The first-order valence-electron chi connectivity index (χ1n) is 7.84. The molecule has 0 fully saturated rings. The number of ether oxygens (including phenoxy) is 1. The van der Waals surface area contributed by atoms with E-state index in [1.807, 2.05) is 37.3 Å². The van der Waals surface area contributed by atoms with E-state index in [1.54, 1.807) is 18.2 Å². The third kappa shape index (κ3) is 4.64. The molecule has 0 atom stereocenters. The minimum absolute atomic E-state index is 0.0511. The second-order valence-corrected chi connectivity index (χ2v) is 6.40. The number of rotatable bonds is 7. The van der Waals surface area contributed by atoms with Gasteiger partial charge in [-0.3, -0.25) is 0 Å². The Hall–Kier alpha value is -2.80. The first-order chi connectivity index (χ1) is 12.6. The predicted octanol–water partition coefficient (Wildman–Crippen LogP) is 5.27. The van der Waals surface area contributed by atoms with Gasteiger partial charge in [-0.2, -0.15) is 8.78 Å². The summed E-state index contributed by atoms with van der Waals surface area (Å²) in [5, 5.41) is 4.77. The van der Waals surface area contributed by atoms with Crippen LogP contribution in [0.1, 0.15) is 16.1 Å². The summed E-state index contributed by atoms with van der Waals surface area (Å²) in [5.41, 5.74) is 2.35. The number of hydrogen-bond donors (Lipinski definition) is 0. The van der Waals surface area contributed by atoms with Gasteiger partial charge < -0.3 is 9.57 Å². The molecule has 26 heavy (non-hydrogen) atoms. The number of benzene rings is 2. The smallest absolute Gasteiger partial charge is 0.387 e. The van der Waals surface area contributed by atoms with Gasteiger partial charge in [0.05, 0.1) is 16.8 Å². The Morgan fingerprint density at radius 2 is 1.85 bits per heavy atom. The second kappa shape index (κ2) is 8.53. The molecular weight excluding hydrogens is 358 g/mol. The van der Waals surface area contributed by atoms with Gasteiger partial charge in [-0.1, -0.05) is 47.6 Å². The van der Waals surface area contributed by atoms with Gasteiger partial charge in [-0.05, 0) is 19.1 Å². The largest absolute Gasteiger partial charge is 0.434 e. The van der Waals surface area contributed by atoms with E-state index < -0.39 is 6.61 Å². The minimum atomic E-state index is -2.89. The molecule has 3 rings (SSSR count). The highest BCUT2D eigenvalue weighted by molar-refractivity contribution is 7.15. The van der Waals surface area contributed by atoms with E-state index in [0.717, 1.165) is 21.1 Å². The lowest BCUT2D eigenvalue weighted by Crippen LogP contribution is -2.04. The number of aryl methyl sites for hydroxylation is 1. The molecule has 0 unspecified atom stereocenters. The third-order valence-electron chi connectivity index (χ3n) is 3.51. The molecule has 0 radical (unpaired) electrons. The molecule has 0 aliphatic heterocycles. The standard InChI is InChI=1S/C19H16F2N2O2S/c1-13-17(26-18(23-13)14-7-3-2-4-8-14)12-24-22-11-15-9-5-6-10-16(15)25-19(20)21/h2-11,19H,12H2,1H3/b22-11+. The van der Waals surface area contributed by atoms with Crippen LogP contribution in [0.25, 0.3) is 10.6 Å². The third-order valence-corrected chi connectivity index (χ3v) is 4.69. The van der Waals surface area contributed by atoms with Crippen molar-refractivity contribution in [3.05, 3.63) is 70.7 Å². The van der Waals surface area contributed by atoms with Gasteiger partial charge in [0.25, 0.3) is 0 Å². The van der Waals surface area contributed by atoms with Crippen LogP contribution in [0, 0.1) is 6.92 Å². The van der Waals surface area contributed by atoms with Crippen LogP contribution in [-0.4, -0.2) is 17.8 Å². The fourth-order valence-corrected chi connectivity index (χ4v) is 3.22. The Kier molecular flexibility index (Phi) is 5.91. The number of para-hydroxylation sites is 1. The lowest BCUT2D eigenvalue weighted by Gasteiger charge is -2.06. The second-order valence-electron chi connectivity index (χ2n) is 5.32. The predicted molar refractivity (Wildman–Crippen MR) is 97.7 cm³/mol. The summed E-state index contributed by atoms with van der Waals surface area (Å²) in [4.78, 5) is 10.8. The normalized spacial score (nSPS) is 11.2. The summed E-state index contributed by atoms with van der Waals surface area (Å²) in [6.07, 6.45) is 1.35. The van der Waals surface area contributed by atoms with Gasteiger partial charge in [0.1, 0.15) is 10.8 Å². The maximum Gasteiger partial charge on any atom is 0.387 e. The van der Waals surface area contributed by atoms with Crippen LogP contribution in [0.4, 0.5) is 8.78 Å². The van der Waals surface area contributed by atoms with Gasteiger partial charge in [0.2, 0.25) is 0 Å². The minimum Gasteiger partial charge on any atom is -0.434 e. The molecule has 0 saturated heterocycles. The quantitative estimate of drug-likeness (QED) is 0.418. The molecule has 0 saturated carbocycles. The lowest BCUT2D eigenvalue weighted by atomic mass is 10.2. The van der Waals surface area contributed by atoms with Crippen molar-refractivity contribution in [2.75, 3.05) is 0 Å².